The van der Waals surface area contributed by atoms with Crippen LogP contribution in [0.5, 0.6) is 0 Å². The second-order valence-electron chi connectivity index (χ2n) is 3.59. The Morgan fingerprint density at radius 1 is 1.24 bits per heavy atom. The van der Waals surface area contributed by atoms with Gasteiger partial charge in [0.15, 0.2) is 0 Å². The number of aliphatic hydroxyl groups is 1. The topological polar surface area (TPSA) is 46.0 Å². The van der Waals surface area contributed by atoms with Gasteiger partial charge in [-0.25, -0.2) is 18.7 Å². The van der Waals surface area contributed by atoms with Crippen LogP contribution in [0.4, 0.5) is 8.78 Å². The van der Waals surface area contributed by atoms with Crippen LogP contribution >= 0.6 is 0 Å². The van der Waals surface area contributed by atoms with Gasteiger partial charge in [0, 0.05) is 18.7 Å². The fourth-order valence-corrected chi connectivity index (χ4v) is 1.50. The van der Waals surface area contributed by atoms with Gasteiger partial charge in [0.05, 0.1) is 5.69 Å². The van der Waals surface area contributed by atoms with Gasteiger partial charge >= 0.3 is 0 Å². The van der Waals surface area contributed by atoms with Crippen LogP contribution in [-0.2, 0) is 6.42 Å². The zero-order chi connectivity index (χ0) is 12.3. The summed E-state index contributed by atoms with van der Waals surface area (Å²) in [5.74, 6) is -1.30. The summed E-state index contributed by atoms with van der Waals surface area (Å²) in [6.45, 7) is 0. The highest BCUT2D eigenvalue weighted by Gasteiger charge is 2.13. The molecule has 1 N–H and O–H groups in total. The SMILES string of the molecule is OC(Cc1ccc(F)cc1F)c1ccncn1. The van der Waals surface area contributed by atoms with Crippen molar-refractivity contribution in [2.45, 2.75) is 12.5 Å². The first kappa shape index (κ1) is 11.6. The molecule has 1 heterocycles. The Labute approximate surface area is 96.8 Å². The van der Waals surface area contributed by atoms with E-state index in [0.29, 0.717) is 5.69 Å². The maximum absolute atomic E-state index is 13.3. The minimum absolute atomic E-state index is 0.0448. The molecule has 1 aromatic carbocycles. The van der Waals surface area contributed by atoms with Crippen molar-refractivity contribution in [1.29, 1.82) is 0 Å². The lowest BCUT2D eigenvalue weighted by Crippen LogP contribution is -2.05. The van der Waals surface area contributed by atoms with Gasteiger partial charge in [-0.3, -0.25) is 0 Å². The molecule has 1 unspecified atom stereocenters. The van der Waals surface area contributed by atoms with Crippen molar-refractivity contribution in [3.63, 3.8) is 0 Å². The van der Waals surface area contributed by atoms with Crippen LogP contribution in [0.2, 0.25) is 0 Å². The molecule has 0 amide bonds. The third-order valence-electron chi connectivity index (χ3n) is 2.37. The van der Waals surface area contributed by atoms with Gasteiger partial charge < -0.3 is 5.11 Å². The van der Waals surface area contributed by atoms with Gasteiger partial charge in [-0.2, -0.15) is 0 Å². The van der Waals surface area contributed by atoms with Crippen LogP contribution in [0.25, 0.3) is 0 Å². The summed E-state index contributed by atoms with van der Waals surface area (Å²) in [6.07, 6.45) is 1.91. The number of nitrogens with zero attached hydrogens (tertiary/aromatic N) is 2. The zero-order valence-corrected chi connectivity index (χ0v) is 8.85. The maximum Gasteiger partial charge on any atom is 0.129 e. The molecule has 0 saturated heterocycles. The third-order valence-corrected chi connectivity index (χ3v) is 2.37. The average molecular weight is 236 g/mol. The molecule has 3 nitrogen and oxygen atoms in total. The maximum atomic E-state index is 13.3. The molecule has 0 radical (unpaired) electrons. The Bertz CT molecular complexity index is 505. The molecule has 17 heavy (non-hydrogen) atoms. The first-order valence-corrected chi connectivity index (χ1v) is 5.04. The van der Waals surface area contributed by atoms with Gasteiger partial charge in [-0.15, -0.1) is 0 Å². The lowest BCUT2D eigenvalue weighted by Gasteiger charge is -2.10. The highest BCUT2D eigenvalue weighted by molar-refractivity contribution is 5.20. The van der Waals surface area contributed by atoms with E-state index >= 15 is 0 Å². The molecule has 2 rings (SSSR count). The molecule has 0 fully saturated rings. The highest BCUT2D eigenvalue weighted by Crippen LogP contribution is 2.18. The summed E-state index contributed by atoms with van der Waals surface area (Å²) < 4.78 is 26.0. The normalized spacial score (nSPS) is 12.4. The van der Waals surface area contributed by atoms with Crippen LogP contribution in [-0.4, -0.2) is 15.1 Å². The molecule has 0 bridgehead atoms. The minimum atomic E-state index is -0.932. The number of benzene rings is 1. The third kappa shape index (κ3) is 2.82. The lowest BCUT2D eigenvalue weighted by molar-refractivity contribution is 0.172. The lowest BCUT2D eigenvalue weighted by atomic mass is 10.0. The van der Waals surface area contributed by atoms with Crippen molar-refractivity contribution in [2.75, 3.05) is 0 Å². The number of aromatic nitrogens is 2. The van der Waals surface area contributed by atoms with E-state index in [-0.39, 0.29) is 12.0 Å². The Hall–Kier alpha value is -1.88. The van der Waals surface area contributed by atoms with Crippen molar-refractivity contribution < 1.29 is 13.9 Å². The first-order chi connectivity index (χ1) is 8.16. The molecule has 0 aliphatic heterocycles. The standard InChI is InChI=1S/C12H10F2N2O/c13-9-2-1-8(10(14)6-9)5-12(17)11-3-4-15-7-16-11/h1-4,6-7,12,17H,5H2. The van der Waals surface area contributed by atoms with Gasteiger partial charge in [-0.1, -0.05) is 6.07 Å². The minimum Gasteiger partial charge on any atom is -0.386 e. The van der Waals surface area contributed by atoms with E-state index in [9.17, 15) is 13.9 Å². The number of hydrogen-bond donors (Lipinski definition) is 1. The fraction of sp³-hybridized carbons (Fsp3) is 0.167. The Morgan fingerprint density at radius 3 is 2.71 bits per heavy atom. The molecule has 5 heteroatoms. The Kier molecular flexibility index (Phi) is 3.39. The Balaban J connectivity index is 2.16. The van der Waals surface area contributed by atoms with Crippen molar-refractivity contribution in [1.82, 2.24) is 9.97 Å². The molecule has 1 aromatic heterocycles. The van der Waals surface area contributed by atoms with E-state index < -0.39 is 17.7 Å². The molecular weight excluding hydrogens is 226 g/mol. The second-order valence-corrected chi connectivity index (χ2v) is 3.59. The predicted molar refractivity (Wildman–Crippen MR) is 57.1 cm³/mol. The van der Waals surface area contributed by atoms with Gasteiger partial charge in [0.1, 0.15) is 24.1 Å². The fourth-order valence-electron chi connectivity index (χ4n) is 1.50. The van der Waals surface area contributed by atoms with Crippen molar-refractivity contribution in [2.24, 2.45) is 0 Å². The monoisotopic (exact) mass is 236 g/mol. The molecule has 0 aliphatic rings. The van der Waals surface area contributed by atoms with Gasteiger partial charge in [0.2, 0.25) is 0 Å². The number of aliphatic hydroxyl groups excluding tert-OH is 1. The number of halogens is 2. The van der Waals surface area contributed by atoms with E-state index in [1.807, 2.05) is 0 Å². The number of hydrogen-bond acceptors (Lipinski definition) is 3. The smallest absolute Gasteiger partial charge is 0.129 e. The number of rotatable bonds is 3. The van der Waals surface area contributed by atoms with E-state index in [1.165, 1.54) is 18.6 Å². The van der Waals surface area contributed by atoms with E-state index in [1.54, 1.807) is 6.07 Å². The van der Waals surface area contributed by atoms with E-state index in [2.05, 4.69) is 9.97 Å². The van der Waals surface area contributed by atoms with Gasteiger partial charge in [0.25, 0.3) is 0 Å². The molecule has 88 valence electrons. The summed E-state index contributed by atoms with van der Waals surface area (Å²) in [5, 5.41) is 9.82. The molecule has 1 atom stereocenters. The summed E-state index contributed by atoms with van der Waals surface area (Å²) in [6, 6.07) is 4.81. The second kappa shape index (κ2) is 4.97. The van der Waals surface area contributed by atoms with Crippen molar-refractivity contribution >= 4 is 0 Å². The van der Waals surface area contributed by atoms with Crippen LogP contribution in [0.3, 0.4) is 0 Å². The van der Waals surface area contributed by atoms with Crippen molar-refractivity contribution in [3.8, 4) is 0 Å². The highest BCUT2D eigenvalue weighted by atomic mass is 19.1. The van der Waals surface area contributed by atoms with Gasteiger partial charge in [-0.05, 0) is 17.7 Å². The summed E-state index contributed by atoms with van der Waals surface area (Å²) in [5.41, 5.74) is 0.654. The molecular formula is C12H10F2N2O. The largest absolute Gasteiger partial charge is 0.386 e. The molecule has 2 aromatic rings. The van der Waals surface area contributed by atoms with E-state index in [0.717, 1.165) is 12.1 Å². The van der Waals surface area contributed by atoms with Crippen LogP contribution in [0.15, 0.2) is 36.8 Å². The zero-order valence-electron chi connectivity index (χ0n) is 8.85. The molecule has 0 aliphatic carbocycles. The molecule has 0 saturated carbocycles. The van der Waals surface area contributed by atoms with Crippen LogP contribution < -0.4 is 0 Å². The molecule has 0 spiro atoms. The first-order valence-electron chi connectivity index (χ1n) is 5.04. The summed E-state index contributed by atoms with van der Waals surface area (Å²) >= 11 is 0. The quantitative estimate of drug-likeness (QED) is 0.886. The predicted octanol–water partition coefficient (Wildman–Crippen LogP) is 2.03. The Morgan fingerprint density at radius 2 is 2.06 bits per heavy atom. The van der Waals surface area contributed by atoms with E-state index in [4.69, 9.17) is 0 Å². The summed E-state index contributed by atoms with van der Waals surface area (Å²) in [7, 11) is 0. The van der Waals surface area contributed by atoms with Crippen molar-refractivity contribution in [3.05, 3.63) is 59.7 Å². The summed E-state index contributed by atoms with van der Waals surface area (Å²) in [4.78, 5) is 7.58. The average Bonchev–Trinajstić information content (AvgIpc) is 2.34. The van der Waals surface area contributed by atoms with Crippen LogP contribution in [0, 0.1) is 11.6 Å². The van der Waals surface area contributed by atoms with Crippen LogP contribution in [0.1, 0.15) is 17.4 Å².